The van der Waals surface area contributed by atoms with Crippen LogP contribution in [0.25, 0.3) is 0 Å². The molecule has 1 amide bonds. The van der Waals surface area contributed by atoms with Crippen LogP contribution in [0.15, 0.2) is 0 Å². The van der Waals surface area contributed by atoms with Gasteiger partial charge in [0.05, 0.1) is 12.2 Å². The van der Waals surface area contributed by atoms with Crippen molar-refractivity contribution in [1.82, 2.24) is 5.32 Å². The van der Waals surface area contributed by atoms with Gasteiger partial charge in [-0.15, -0.1) is 0 Å². The van der Waals surface area contributed by atoms with Crippen molar-refractivity contribution in [3.8, 4) is 0 Å². The molecule has 0 radical (unpaired) electrons. The number of carbonyl (C=O) groups excluding carboxylic acids is 1. The van der Waals surface area contributed by atoms with Crippen LogP contribution in [-0.2, 0) is 14.9 Å². The van der Waals surface area contributed by atoms with Gasteiger partial charge in [-0.1, -0.05) is 20.8 Å². The van der Waals surface area contributed by atoms with E-state index in [0.29, 0.717) is 41.9 Å². The summed E-state index contributed by atoms with van der Waals surface area (Å²) < 4.78 is 30.9. The molecule has 0 aromatic heterocycles. The largest absolute Gasteiger partial charge is 0.393 e. The second-order valence-corrected chi connectivity index (χ2v) is 16.0. The first-order valence-corrected chi connectivity index (χ1v) is 15.6. The summed E-state index contributed by atoms with van der Waals surface area (Å²) in [5.41, 5.74) is 0.393. The van der Waals surface area contributed by atoms with Gasteiger partial charge in [-0.25, -0.2) is 0 Å². The van der Waals surface area contributed by atoms with E-state index in [-0.39, 0.29) is 35.5 Å². The number of nitrogens with one attached hydrogen (secondary N) is 1. The van der Waals surface area contributed by atoms with Gasteiger partial charge in [0.2, 0.25) is 5.91 Å². The average molecular weight is 528 g/mol. The van der Waals surface area contributed by atoms with Crippen LogP contribution >= 0.6 is 0 Å². The Balaban J connectivity index is 1.38. The molecule has 4 N–H and O–H groups in total. The minimum atomic E-state index is -4.24. The molecular weight excluding hydrogens is 478 g/mol. The first-order valence-electron chi connectivity index (χ1n) is 14.2. The molecule has 4 fully saturated rings. The highest BCUT2D eigenvalue weighted by Gasteiger charge is 2.62. The van der Waals surface area contributed by atoms with Crippen LogP contribution in [0.3, 0.4) is 0 Å². The van der Waals surface area contributed by atoms with E-state index in [1.165, 1.54) is 20.3 Å². The Hall–Kier alpha value is -0.700. The van der Waals surface area contributed by atoms with Gasteiger partial charge in [-0.3, -0.25) is 9.35 Å². The molecule has 10 atom stereocenters. The molecule has 4 rings (SSSR count). The van der Waals surface area contributed by atoms with Crippen LogP contribution in [-0.4, -0.2) is 52.6 Å². The first-order chi connectivity index (χ1) is 16.6. The van der Waals surface area contributed by atoms with Crippen molar-refractivity contribution in [2.24, 2.45) is 46.3 Å². The predicted octanol–water partition coefficient (Wildman–Crippen LogP) is 4.18. The summed E-state index contributed by atoms with van der Waals surface area (Å²) in [6.07, 6.45) is 8.79. The van der Waals surface area contributed by atoms with E-state index in [1.807, 2.05) is 0 Å². The molecule has 0 bridgehead atoms. The molecule has 10 unspecified atom stereocenters. The Morgan fingerprint density at radius 2 is 1.67 bits per heavy atom. The zero-order chi connectivity index (χ0) is 26.7. The van der Waals surface area contributed by atoms with Gasteiger partial charge in [0, 0.05) is 13.0 Å². The van der Waals surface area contributed by atoms with Gasteiger partial charge >= 0.3 is 0 Å². The maximum absolute atomic E-state index is 12.5. The zero-order valence-electron chi connectivity index (χ0n) is 22.9. The third-order valence-electron chi connectivity index (χ3n) is 11.7. The SMILES string of the molecule is CC(CCC(=O)NCC(C)(C)S(=O)(=O)O)C1CCC2C3C(O)CC4CC(O)CCC4(C)C3CCC12C. The van der Waals surface area contributed by atoms with Gasteiger partial charge in [0.1, 0.15) is 4.75 Å². The second kappa shape index (κ2) is 9.80. The number of carbonyl (C=O) groups is 1. The topological polar surface area (TPSA) is 124 Å². The molecule has 208 valence electrons. The Kier molecular flexibility index (Phi) is 7.71. The molecule has 0 aliphatic heterocycles. The van der Waals surface area contributed by atoms with Gasteiger partial charge < -0.3 is 15.5 Å². The molecule has 0 heterocycles. The quantitative estimate of drug-likeness (QED) is 0.368. The Bertz CT molecular complexity index is 936. The second-order valence-electron chi connectivity index (χ2n) is 14.0. The Labute approximate surface area is 217 Å². The molecule has 4 saturated carbocycles. The lowest BCUT2D eigenvalue weighted by molar-refractivity contribution is -0.174. The van der Waals surface area contributed by atoms with Crippen LogP contribution in [0.4, 0.5) is 0 Å². The summed E-state index contributed by atoms with van der Waals surface area (Å²) in [6, 6.07) is 0. The summed E-state index contributed by atoms with van der Waals surface area (Å²) in [6.45, 7) is 9.81. The van der Waals surface area contributed by atoms with Crippen molar-refractivity contribution in [2.45, 2.75) is 116 Å². The normalized spacial score (nSPS) is 43.7. The minimum Gasteiger partial charge on any atom is -0.393 e. The highest BCUT2D eigenvalue weighted by molar-refractivity contribution is 7.87. The van der Waals surface area contributed by atoms with Crippen molar-refractivity contribution >= 4 is 16.0 Å². The third kappa shape index (κ3) is 4.89. The first kappa shape index (κ1) is 28.3. The van der Waals surface area contributed by atoms with Crippen molar-refractivity contribution in [3.63, 3.8) is 0 Å². The van der Waals surface area contributed by atoms with Crippen molar-refractivity contribution in [2.75, 3.05) is 6.54 Å². The van der Waals surface area contributed by atoms with Crippen LogP contribution in [0.5, 0.6) is 0 Å². The molecule has 0 aromatic carbocycles. The molecule has 4 aliphatic rings. The smallest absolute Gasteiger partial charge is 0.271 e. The van der Waals surface area contributed by atoms with E-state index in [0.717, 1.165) is 51.4 Å². The predicted molar refractivity (Wildman–Crippen MR) is 140 cm³/mol. The molecule has 8 heteroatoms. The van der Waals surface area contributed by atoms with Crippen LogP contribution in [0, 0.1) is 46.3 Å². The van der Waals surface area contributed by atoms with E-state index in [1.54, 1.807) is 0 Å². The lowest BCUT2D eigenvalue weighted by Gasteiger charge is -2.62. The van der Waals surface area contributed by atoms with Crippen molar-refractivity contribution in [1.29, 1.82) is 0 Å². The number of hydrogen-bond acceptors (Lipinski definition) is 5. The van der Waals surface area contributed by atoms with Gasteiger partial charge in [0.25, 0.3) is 10.1 Å². The summed E-state index contributed by atoms with van der Waals surface area (Å²) in [7, 11) is -4.24. The average Bonchev–Trinajstić information content (AvgIpc) is 3.13. The lowest BCUT2D eigenvalue weighted by atomic mass is 9.43. The summed E-state index contributed by atoms with van der Waals surface area (Å²) in [5, 5.41) is 24.4. The van der Waals surface area contributed by atoms with Gasteiger partial charge in [0.15, 0.2) is 0 Å². The van der Waals surface area contributed by atoms with Crippen LogP contribution in [0.1, 0.15) is 98.8 Å². The van der Waals surface area contributed by atoms with Crippen LogP contribution in [0.2, 0.25) is 0 Å². The summed E-state index contributed by atoms with van der Waals surface area (Å²) in [5.74, 6) is 2.49. The van der Waals surface area contributed by atoms with Gasteiger partial charge in [-0.2, -0.15) is 8.42 Å². The fourth-order valence-corrected chi connectivity index (χ4v) is 9.48. The molecule has 0 aromatic rings. The fourth-order valence-electron chi connectivity index (χ4n) is 9.23. The number of fused-ring (bicyclic) bond motifs is 5. The molecule has 7 nitrogen and oxygen atoms in total. The third-order valence-corrected chi connectivity index (χ3v) is 13.2. The maximum atomic E-state index is 12.5. The van der Waals surface area contributed by atoms with Crippen molar-refractivity contribution < 1.29 is 28.0 Å². The molecular formula is C28H49NO6S. The van der Waals surface area contributed by atoms with E-state index in [4.69, 9.17) is 0 Å². The zero-order valence-corrected chi connectivity index (χ0v) is 23.7. The molecule has 4 aliphatic carbocycles. The summed E-state index contributed by atoms with van der Waals surface area (Å²) in [4.78, 5) is 12.5. The van der Waals surface area contributed by atoms with Crippen molar-refractivity contribution in [3.05, 3.63) is 0 Å². The van der Waals surface area contributed by atoms with Crippen LogP contribution < -0.4 is 5.32 Å². The molecule has 0 spiro atoms. The minimum absolute atomic E-state index is 0.111. The molecule has 36 heavy (non-hydrogen) atoms. The highest BCUT2D eigenvalue weighted by atomic mass is 32.2. The number of amides is 1. The Morgan fingerprint density at radius 3 is 2.33 bits per heavy atom. The van der Waals surface area contributed by atoms with E-state index >= 15 is 0 Å². The van der Waals surface area contributed by atoms with Gasteiger partial charge in [-0.05, 0) is 118 Å². The Morgan fingerprint density at radius 1 is 1.03 bits per heavy atom. The standard InChI is InChI=1S/C28H49NO6S/c1-17(6-9-24(32)29-16-26(2,3)36(33,34)35)20-7-8-21-25-22(11-13-28(20,21)5)27(4)12-10-19(30)14-18(27)15-23(25)31/h17-23,25,30-31H,6-16H2,1-5H3,(H,29,32)(H,33,34,35). The van der Waals surface area contributed by atoms with E-state index in [2.05, 4.69) is 26.1 Å². The number of hydrogen-bond donors (Lipinski definition) is 4. The van der Waals surface area contributed by atoms with E-state index in [9.17, 15) is 28.0 Å². The number of rotatable bonds is 7. The van der Waals surface area contributed by atoms with E-state index < -0.39 is 14.9 Å². The number of aliphatic hydroxyl groups is 2. The number of aliphatic hydroxyl groups excluding tert-OH is 2. The fraction of sp³-hybridized carbons (Fsp3) is 0.964. The maximum Gasteiger partial charge on any atom is 0.271 e. The lowest BCUT2D eigenvalue weighted by Crippen LogP contribution is -2.58. The molecule has 0 saturated heterocycles. The highest BCUT2D eigenvalue weighted by Crippen LogP contribution is 2.68. The summed E-state index contributed by atoms with van der Waals surface area (Å²) >= 11 is 0. The monoisotopic (exact) mass is 527 g/mol.